The second kappa shape index (κ2) is 4.19. The highest BCUT2D eigenvalue weighted by Gasteiger charge is 2.08. The minimum atomic E-state index is -3.48. The summed E-state index contributed by atoms with van der Waals surface area (Å²) in [6.07, 6.45) is 0. The summed E-state index contributed by atoms with van der Waals surface area (Å²) in [6.45, 7) is 1.85. The first-order valence-corrected chi connectivity index (χ1v) is 6.46. The summed E-state index contributed by atoms with van der Waals surface area (Å²) in [7, 11) is 3.22. The zero-order valence-corrected chi connectivity index (χ0v) is 9.52. The van der Waals surface area contributed by atoms with E-state index in [-0.39, 0.29) is 5.75 Å². The Balaban J connectivity index is 2.98. The predicted octanol–water partition coefficient (Wildman–Crippen LogP) is 2.07. The molecule has 0 aliphatic heterocycles. The molecule has 0 amide bonds. The Bertz CT molecular complexity index is 426. The quantitative estimate of drug-likeness (QED) is 0.752. The van der Waals surface area contributed by atoms with Crippen LogP contribution >= 0.6 is 10.7 Å². The zero-order valence-electron chi connectivity index (χ0n) is 7.95. The molecular weight excluding hydrogens is 224 g/mol. The molecule has 0 N–H and O–H groups in total. The van der Waals surface area contributed by atoms with Crippen LogP contribution in [-0.2, 0) is 14.8 Å². The van der Waals surface area contributed by atoms with E-state index < -0.39 is 9.05 Å². The molecule has 0 atom stereocenters. The molecule has 1 aromatic rings. The van der Waals surface area contributed by atoms with Gasteiger partial charge in [0.05, 0.1) is 12.9 Å². The molecular formula is C9H11ClO3S. The van der Waals surface area contributed by atoms with Crippen LogP contribution < -0.4 is 4.74 Å². The highest BCUT2D eigenvalue weighted by atomic mass is 35.7. The van der Waals surface area contributed by atoms with Crippen molar-refractivity contribution in [2.75, 3.05) is 7.11 Å². The third-order valence-corrected chi connectivity index (χ3v) is 2.80. The lowest BCUT2D eigenvalue weighted by Gasteiger charge is -2.05. The molecule has 0 unspecified atom stereocenters. The summed E-state index contributed by atoms with van der Waals surface area (Å²) >= 11 is 0. The number of aryl methyl sites for hydroxylation is 1. The Morgan fingerprint density at radius 2 is 2.07 bits per heavy atom. The molecule has 0 aliphatic carbocycles. The van der Waals surface area contributed by atoms with E-state index in [0.29, 0.717) is 5.56 Å². The van der Waals surface area contributed by atoms with Gasteiger partial charge in [0, 0.05) is 10.7 Å². The first-order chi connectivity index (χ1) is 6.42. The molecule has 0 aromatic heterocycles. The van der Waals surface area contributed by atoms with E-state index >= 15 is 0 Å². The fourth-order valence-electron chi connectivity index (χ4n) is 1.23. The molecule has 3 nitrogen and oxygen atoms in total. The molecule has 0 fully saturated rings. The lowest BCUT2D eigenvalue weighted by atomic mass is 10.1. The van der Waals surface area contributed by atoms with Crippen molar-refractivity contribution in [3.63, 3.8) is 0 Å². The summed E-state index contributed by atoms with van der Waals surface area (Å²) < 4.78 is 26.6. The second-order valence-electron chi connectivity index (χ2n) is 2.99. The van der Waals surface area contributed by atoms with Crippen LogP contribution in [0.3, 0.4) is 0 Å². The average Bonchev–Trinajstić information content (AvgIpc) is 2.01. The van der Waals surface area contributed by atoms with Gasteiger partial charge in [0.2, 0.25) is 9.05 Å². The average molecular weight is 235 g/mol. The van der Waals surface area contributed by atoms with Gasteiger partial charge in [0.15, 0.2) is 0 Å². The summed E-state index contributed by atoms with van der Waals surface area (Å²) in [5.41, 5.74) is 1.56. The molecule has 1 aromatic carbocycles. The number of rotatable bonds is 3. The molecule has 78 valence electrons. The zero-order chi connectivity index (χ0) is 10.8. The van der Waals surface area contributed by atoms with Gasteiger partial charge in [0.1, 0.15) is 5.75 Å². The molecule has 5 heteroatoms. The van der Waals surface area contributed by atoms with Crippen LogP contribution in [0.15, 0.2) is 18.2 Å². The van der Waals surface area contributed by atoms with E-state index in [9.17, 15) is 8.42 Å². The fourth-order valence-corrected chi connectivity index (χ4v) is 2.19. The van der Waals surface area contributed by atoms with E-state index in [0.717, 1.165) is 11.3 Å². The van der Waals surface area contributed by atoms with Gasteiger partial charge in [-0.15, -0.1) is 0 Å². The molecule has 0 aliphatic rings. The Labute approximate surface area is 88.1 Å². The monoisotopic (exact) mass is 234 g/mol. The van der Waals surface area contributed by atoms with Crippen molar-refractivity contribution in [1.82, 2.24) is 0 Å². The topological polar surface area (TPSA) is 43.4 Å². The van der Waals surface area contributed by atoms with Crippen LogP contribution in [0.25, 0.3) is 0 Å². The van der Waals surface area contributed by atoms with Crippen molar-refractivity contribution in [1.29, 1.82) is 0 Å². The summed E-state index contributed by atoms with van der Waals surface area (Å²) in [6, 6.07) is 5.16. The molecule has 0 saturated carbocycles. The predicted molar refractivity (Wildman–Crippen MR) is 56.2 cm³/mol. The smallest absolute Gasteiger partial charge is 0.236 e. The van der Waals surface area contributed by atoms with Crippen molar-refractivity contribution < 1.29 is 13.2 Å². The van der Waals surface area contributed by atoms with Gasteiger partial charge < -0.3 is 4.74 Å². The third kappa shape index (κ3) is 3.20. The highest BCUT2D eigenvalue weighted by Crippen LogP contribution is 2.20. The van der Waals surface area contributed by atoms with Gasteiger partial charge in [-0.2, -0.15) is 0 Å². The normalized spacial score (nSPS) is 11.4. The fraction of sp³-hybridized carbons (Fsp3) is 0.333. The summed E-state index contributed by atoms with van der Waals surface area (Å²) in [4.78, 5) is 0. The summed E-state index contributed by atoms with van der Waals surface area (Å²) in [5.74, 6) is 0.583. The van der Waals surface area contributed by atoms with Crippen molar-refractivity contribution in [2.45, 2.75) is 12.7 Å². The Morgan fingerprint density at radius 3 is 2.50 bits per heavy atom. The van der Waals surface area contributed by atoms with Gasteiger partial charge in [0.25, 0.3) is 0 Å². The second-order valence-corrected chi connectivity index (χ2v) is 5.76. The molecule has 0 bridgehead atoms. The van der Waals surface area contributed by atoms with E-state index in [1.807, 2.05) is 6.92 Å². The minimum absolute atomic E-state index is 0.153. The van der Waals surface area contributed by atoms with Gasteiger partial charge in [-0.05, 0) is 24.1 Å². The maximum Gasteiger partial charge on any atom is 0.236 e. The lowest BCUT2D eigenvalue weighted by molar-refractivity contribution is 0.411. The number of ether oxygens (including phenoxy) is 1. The van der Waals surface area contributed by atoms with Crippen LogP contribution in [0, 0.1) is 6.92 Å². The van der Waals surface area contributed by atoms with Crippen LogP contribution in [0.4, 0.5) is 0 Å². The van der Waals surface area contributed by atoms with E-state index in [4.69, 9.17) is 15.4 Å². The maximum atomic E-state index is 10.8. The minimum Gasteiger partial charge on any atom is -0.496 e. The highest BCUT2D eigenvalue weighted by molar-refractivity contribution is 8.13. The van der Waals surface area contributed by atoms with Crippen LogP contribution in [0.2, 0.25) is 0 Å². The van der Waals surface area contributed by atoms with E-state index in [1.165, 1.54) is 0 Å². The molecule has 14 heavy (non-hydrogen) atoms. The summed E-state index contributed by atoms with van der Waals surface area (Å²) in [5, 5.41) is 0. The van der Waals surface area contributed by atoms with E-state index in [1.54, 1.807) is 25.3 Å². The van der Waals surface area contributed by atoms with Crippen molar-refractivity contribution >= 4 is 19.7 Å². The standard InChI is InChI=1S/C9H11ClO3S/c1-7-5-8(6-14(10,11)12)3-4-9(7)13-2/h3-5H,6H2,1-2H3. The first kappa shape index (κ1) is 11.3. The SMILES string of the molecule is COc1ccc(CS(=O)(=O)Cl)cc1C. The molecule has 0 spiro atoms. The number of hydrogen-bond acceptors (Lipinski definition) is 3. The Morgan fingerprint density at radius 1 is 1.43 bits per heavy atom. The molecule has 0 radical (unpaired) electrons. The van der Waals surface area contributed by atoms with Crippen LogP contribution in [-0.4, -0.2) is 15.5 Å². The molecule has 1 rings (SSSR count). The number of methoxy groups -OCH3 is 1. The van der Waals surface area contributed by atoms with Crippen molar-refractivity contribution in [3.05, 3.63) is 29.3 Å². The molecule has 0 heterocycles. The van der Waals surface area contributed by atoms with Crippen molar-refractivity contribution in [3.8, 4) is 5.75 Å². The lowest BCUT2D eigenvalue weighted by Crippen LogP contribution is -1.96. The van der Waals surface area contributed by atoms with Gasteiger partial charge in [-0.25, -0.2) is 8.42 Å². The van der Waals surface area contributed by atoms with Crippen LogP contribution in [0.1, 0.15) is 11.1 Å². The third-order valence-electron chi connectivity index (χ3n) is 1.80. The number of benzene rings is 1. The van der Waals surface area contributed by atoms with Crippen molar-refractivity contribution in [2.24, 2.45) is 0 Å². The Kier molecular flexibility index (Phi) is 3.39. The van der Waals surface area contributed by atoms with Crippen LogP contribution in [0.5, 0.6) is 5.75 Å². The van der Waals surface area contributed by atoms with Gasteiger partial charge in [-0.1, -0.05) is 12.1 Å². The largest absolute Gasteiger partial charge is 0.496 e. The number of hydrogen-bond donors (Lipinski definition) is 0. The maximum absolute atomic E-state index is 10.8. The van der Waals surface area contributed by atoms with E-state index in [2.05, 4.69) is 0 Å². The first-order valence-electron chi connectivity index (χ1n) is 3.98. The van der Waals surface area contributed by atoms with Gasteiger partial charge >= 0.3 is 0 Å². The van der Waals surface area contributed by atoms with Gasteiger partial charge in [-0.3, -0.25) is 0 Å². The molecule has 0 saturated heterocycles. The Hall–Kier alpha value is -0.740. The number of halogens is 1.